The molecule has 3 aromatic rings. The zero-order valence-corrected chi connectivity index (χ0v) is 16.3. The van der Waals surface area contributed by atoms with Crippen molar-refractivity contribution in [1.82, 2.24) is 15.5 Å². The molecule has 3 rings (SSSR count). The molecule has 0 fully saturated rings. The van der Waals surface area contributed by atoms with Crippen molar-refractivity contribution >= 4 is 5.91 Å². The van der Waals surface area contributed by atoms with Crippen LogP contribution in [0.2, 0.25) is 0 Å². The molecule has 1 N–H and O–H groups in total. The van der Waals surface area contributed by atoms with Gasteiger partial charge in [0, 0.05) is 12.1 Å². The van der Waals surface area contributed by atoms with Crippen LogP contribution in [0.25, 0.3) is 11.4 Å². The Morgan fingerprint density at radius 3 is 2.52 bits per heavy atom. The van der Waals surface area contributed by atoms with E-state index >= 15 is 0 Å². The molecule has 0 unspecified atom stereocenters. The molecule has 0 saturated heterocycles. The number of benzene rings is 2. The SMILES string of the molecule is COc1cccc(OCC(=O)NCc2nc(-c3ccc(OC)cc3OC)no2)c1. The van der Waals surface area contributed by atoms with Crippen molar-refractivity contribution in [3.8, 4) is 34.4 Å². The lowest BCUT2D eigenvalue weighted by Gasteiger charge is -2.07. The van der Waals surface area contributed by atoms with Gasteiger partial charge in [-0.1, -0.05) is 11.2 Å². The van der Waals surface area contributed by atoms with Crippen LogP contribution in [-0.4, -0.2) is 44.0 Å². The van der Waals surface area contributed by atoms with Crippen LogP contribution in [0.3, 0.4) is 0 Å². The van der Waals surface area contributed by atoms with Crippen LogP contribution in [0.1, 0.15) is 5.89 Å². The molecular weight excluding hydrogens is 378 g/mol. The highest BCUT2D eigenvalue weighted by molar-refractivity contribution is 5.77. The summed E-state index contributed by atoms with van der Waals surface area (Å²) in [7, 11) is 4.68. The first kappa shape index (κ1) is 20.0. The highest BCUT2D eigenvalue weighted by Gasteiger charge is 2.15. The van der Waals surface area contributed by atoms with Gasteiger partial charge in [0.15, 0.2) is 6.61 Å². The van der Waals surface area contributed by atoms with Gasteiger partial charge in [0.2, 0.25) is 11.7 Å². The van der Waals surface area contributed by atoms with Crippen LogP contribution in [0.5, 0.6) is 23.0 Å². The van der Waals surface area contributed by atoms with Crippen molar-refractivity contribution in [3.05, 3.63) is 48.4 Å². The standard InChI is InChI=1S/C20H21N3O6/c1-25-13-5-4-6-15(9-13)28-12-18(24)21-11-19-22-20(23-29-19)16-8-7-14(26-2)10-17(16)27-3/h4-10H,11-12H2,1-3H3,(H,21,24). The van der Waals surface area contributed by atoms with Gasteiger partial charge < -0.3 is 28.8 Å². The zero-order valence-electron chi connectivity index (χ0n) is 16.3. The van der Waals surface area contributed by atoms with Crippen LogP contribution in [-0.2, 0) is 11.3 Å². The maximum absolute atomic E-state index is 12.0. The summed E-state index contributed by atoms with van der Waals surface area (Å²) in [4.78, 5) is 16.3. The smallest absolute Gasteiger partial charge is 0.258 e. The second-order valence-corrected chi connectivity index (χ2v) is 5.82. The third kappa shape index (κ3) is 5.16. The number of methoxy groups -OCH3 is 3. The molecule has 9 nitrogen and oxygen atoms in total. The predicted octanol–water partition coefficient (Wildman–Crippen LogP) is 2.46. The van der Waals surface area contributed by atoms with Crippen molar-refractivity contribution in [2.45, 2.75) is 6.54 Å². The average Bonchev–Trinajstić information content (AvgIpc) is 3.24. The molecule has 0 atom stereocenters. The van der Waals surface area contributed by atoms with Crippen molar-refractivity contribution in [2.24, 2.45) is 0 Å². The first-order valence-electron chi connectivity index (χ1n) is 8.71. The minimum Gasteiger partial charge on any atom is -0.497 e. The molecular formula is C20H21N3O6. The highest BCUT2D eigenvalue weighted by atomic mass is 16.5. The van der Waals surface area contributed by atoms with Gasteiger partial charge in [0.05, 0.1) is 33.4 Å². The van der Waals surface area contributed by atoms with E-state index in [2.05, 4.69) is 15.5 Å². The molecule has 1 aromatic heterocycles. The Bertz CT molecular complexity index is 972. The van der Waals surface area contributed by atoms with Crippen LogP contribution in [0.4, 0.5) is 0 Å². The van der Waals surface area contributed by atoms with Crippen molar-refractivity contribution in [1.29, 1.82) is 0 Å². The quantitative estimate of drug-likeness (QED) is 0.585. The minimum absolute atomic E-state index is 0.0752. The van der Waals surface area contributed by atoms with Gasteiger partial charge in [0.25, 0.3) is 5.91 Å². The van der Waals surface area contributed by atoms with Crippen LogP contribution >= 0.6 is 0 Å². The molecule has 0 spiro atoms. The predicted molar refractivity (Wildman–Crippen MR) is 103 cm³/mol. The highest BCUT2D eigenvalue weighted by Crippen LogP contribution is 2.31. The van der Waals surface area contributed by atoms with Gasteiger partial charge in [-0.3, -0.25) is 4.79 Å². The third-order valence-electron chi connectivity index (χ3n) is 3.97. The Hall–Kier alpha value is -3.75. The fourth-order valence-corrected chi connectivity index (χ4v) is 2.48. The van der Waals surface area contributed by atoms with E-state index in [9.17, 15) is 4.79 Å². The summed E-state index contributed by atoms with van der Waals surface area (Å²) in [6.45, 7) is -0.0771. The van der Waals surface area contributed by atoms with E-state index < -0.39 is 0 Å². The average molecular weight is 399 g/mol. The number of hydrogen-bond donors (Lipinski definition) is 1. The van der Waals surface area contributed by atoms with Crippen molar-refractivity contribution in [2.75, 3.05) is 27.9 Å². The number of carbonyl (C=O) groups excluding carboxylic acids is 1. The number of ether oxygens (including phenoxy) is 4. The zero-order chi connectivity index (χ0) is 20.6. The van der Waals surface area contributed by atoms with E-state index in [1.165, 1.54) is 0 Å². The molecule has 0 aliphatic rings. The Kier molecular flexibility index (Phi) is 6.51. The van der Waals surface area contributed by atoms with Gasteiger partial charge in [-0.25, -0.2) is 0 Å². The molecule has 2 aromatic carbocycles. The van der Waals surface area contributed by atoms with E-state index in [4.69, 9.17) is 23.5 Å². The normalized spacial score (nSPS) is 10.3. The maximum Gasteiger partial charge on any atom is 0.258 e. The summed E-state index contributed by atoms with van der Waals surface area (Å²) in [5, 5.41) is 6.60. The topological polar surface area (TPSA) is 105 Å². The van der Waals surface area contributed by atoms with Crippen LogP contribution in [0, 0.1) is 0 Å². The molecule has 0 radical (unpaired) electrons. The van der Waals surface area contributed by atoms with Crippen LogP contribution in [0.15, 0.2) is 47.0 Å². The molecule has 1 heterocycles. The number of hydrogen-bond acceptors (Lipinski definition) is 8. The second kappa shape index (κ2) is 9.45. The summed E-state index contributed by atoms with van der Waals surface area (Å²) in [6.07, 6.45) is 0. The minimum atomic E-state index is -0.324. The molecule has 0 bridgehead atoms. The summed E-state index contributed by atoms with van der Waals surface area (Å²) in [5.74, 6) is 2.66. The molecule has 0 aliphatic heterocycles. The van der Waals surface area contributed by atoms with E-state index in [1.807, 2.05) is 0 Å². The first-order chi connectivity index (χ1) is 14.1. The van der Waals surface area contributed by atoms with E-state index in [0.717, 1.165) is 0 Å². The Morgan fingerprint density at radius 1 is 1.00 bits per heavy atom. The molecule has 29 heavy (non-hydrogen) atoms. The molecule has 152 valence electrons. The number of rotatable bonds is 9. The number of carbonyl (C=O) groups is 1. The lowest BCUT2D eigenvalue weighted by molar-refractivity contribution is -0.123. The largest absolute Gasteiger partial charge is 0.497 e. The summed E-state index contributed by atoms with van der Waals surface area (Å²) in [5.41, 5.74) is 0.649. The first-order valence-corrected chi connectivity index (χ1v) is 8.71. The van der Waals surface area contributed by atoms with E-state index in [-0.39, 0.29) is 24.9 Å². The van der Waals surface area contributed by atoms with Crippen molar-refractivity contribution < 1.29 is 28.3 Å². The van der Waals surface area contributed by atoms with Gasteiger partial charge in [-0.15, -0.1) is 0 Å². The lowest BCUT2D eigenvalue weighted by atomic mass is 10.2. The van der Waals surface area contributed by atoms with Gasteiger partial charge in [0.1, 0.15) is 23.0 Å². The number of nitrogens with zero attached hydrogens (tertiary/aromatic N) is 2. The molecule has 0 saturated carbocycles. The van der Waals surface area contributed by atoms with Gasteiger partial charge in [-0.05, 0) is 24.3 Å². The fraction of sp³-hybridized carbons (Fsp3) is 0.250. The molecule has 9 heteroatoms. The monoisotopic (exact) mass is 399 g/mol. The number of amides is 1. The second-order valence-electron chi connectivity index (χ2n) is 5.82. The Labute approximate surface area is 167 Å². The van der Waals surface area contributed by atoms with Gasteiger partial charge >= 0.3 is 0 Å². The number of nitrogens with one attached hydrogen (secondary N) is 1. The van der Waals surface area contributed by atoms with E-state index in [1.54, 1.807) is 63.8 Å². The molecule has 0 aliphatic carbocycles. The summed E-state index contributed by atoms with van der Waals surface area (Å²) < 4.78 is 26.3. The van der Waals surface area contributed by atoms with Crippen LogP contribution < -0.4 is 24.3 Å². The molecule has 1 amide bonds. The van der Waals surface area contributed by atoms with E-state index in [0.29, 0.717) is 34.4 Å². The van der Waals surface area contributed by atoms with Crippen molar-refractivity contribution in [3.63, 3.8) is 0 Å². The summed E-state index contributed by atoms with van der Waals surface area (Å²) in [6, 6.07) is 12.3. The lowest BCUT2D eigenvalue weighted by Crippen LogP contribution is -2.28. The fourth-order valence-electron chi connectivity index (χ4n) is 2.48. The third-order valence-corrected chi connectivity index (χ3v) is 3.97. The Balaban J connectivity index is 1.55. The maximum atomic E-state index is 12.0. The Morgan fingerprint density at radius 2 is 1.76 bits per heavy atom. The number of aromatic nitrogens is 2. The summed E-state index contributed by atoms with van der Waals surface area (Å²) >= 11 is 0. The van der Waals surface area contributed by atoms with Gasteiger partial charge in [-0.2, -0.15) is 4.98 Å².